The predicted octanol–water partition coefficient (Wildman–Crippen LogP) is 4.69. The van der Waals surface area contributed by atoms with E-state index in [0.717, 1.165) is 37.1 Å². The molecule has 0 saturated heterocycles. The van der Waals surface area contributed by atoms with Gasteiger partial charge in [-0.25, -0.2) is 4.98 Å². The van der Waals surface area contributed by atoms with Gasteiger partial charge in [-0.2, -0.15) is 20.8 Å². The molecule has 2 aromatic rings. The number of aromatic amines is 1. The lowest BCUT2D eigenvalue weighted by Gasteiger charge is -2.47. The number of ether oxygens (including phenoxy) is 1. The minimum Gasteiger partial charge on any atom is -0.381 e. The number of rotatable bonds is 6. The highest BCUT2D eigenvalue weighted by Crippen LogP contribution is 2.59. The van der Waals surface area contributed by atoms with Crippen LogP contribution >= 0.6 is 10.6 Å². The van der Waals surface area contributed by atoms with Crippen LogP contribution in [0, 0.1) is 5.92 Å². The Kier molecular flexibility index (Phi) is 6.40. The van der Waals surface area contributed by atoms with Gasteiger partial charge < -0.3 is 4.74 Å². The quantitative estimate of drug-likeness (QED) is 0.602. The molecule has 2 heterocycles. The third-order valence-corrected chi connectivity index (χ3v) is 9.11. The van der Waals surface area contributed by atoms with Crippen LogP contribution in [0.15, 0.2) is 6.07 Å². The minimum absolute atomic E-state index is 0.0776. The van der Waals surface area contributed by atoms with E-state index in [1.54, 1.807) is 11.8 Å². The molecule has 3 rings (SSSR count). The Morgan fingerprint density at radius 3 is 2.33 bits per heavy atom. The Hall–Kier alpha value is -1.42. The van der Waals surface area contributed by atoms with Gasteiger partial charge >= 0.3 is 0 Å². The van der Waals surface area contributed by atoms with Crippen molar-refractivity contribution in [1.82, 2.24) is 25.0 Å². The molecule has 9 heteroatoms. The molecule has 0 spiro atoms. The summed E-state index contributed by atoms with van der Waals surface area (Å²) in [5.74, 6) is 1.67. The summed E-state index contributed by atoms with van der Waals surface area (Å²) in [6, 6.07) is 1.99. The number of nitrogens with zero attached hydrogens (tertiary/aromatic N) is 4. The van der Waals surface area contributed by atoms with Gasteiger partial charge in [0.25, 0.3) is 0 Å². The lowest BCUT2D eigenvalue weighted by atomic mass is 9.89. The van der Waals surface area contributed by atoms with Crippen LogP contribution in [0.25, 0.3) is 11.5 Å². The Morgan fingerprint density at radius 1 is 1.17 bits per heavy atom. The maximum Gasteiger partial charge on any atom is 0.199 e. The Morgan fingerprint density at radius 2 is 1.80 bits per heavy atom. The molecule has 0 aliphatic heterocycles. The average molecular weight is 440 g/mol. The number of nitrogens with one attached hydrogen (secondary N) is 1. The van der Waals surface area contributed by atoms with Crippen molar-refractivity contribution < 1.29 is 13.8 Å². The summed E-state index contributed by atoms with van der Waals surface area (Å²) in [5.41, 5.74) is 1.68. The molecular weight excluding hydrogens is 402 g/mol. The van der Waals surface area contributed by atoms with Crippen molar-refractivity contribution in [2.75, 3.05) is 12.9 Å². The first-order chi connectivity index (χ1) is 13.8. The van der Waals surface area contributed by atoms with Gasteiger partial charge in [0.2, 0.25) is 0 Å². The number of aryl methyl sites for hydroxylation is 1. The molecule has 0 atom stereocenters. The third kappa shape index (κ3) is 4.59. The second kappa shape index (κ2) is 8.26. The first kappa shape index (κ1) is 23.2. The molecule has 1 aliphatic rings. The summed E-state index contributed by atoms with van der Waals surface area (Å²) < 4.78 is 28.5. The molecule has 1 fully saturated rings. The second-order valence-corrected chi connectivity index (χ2v) is 12.7. The summed E-state index contributed by atoms with van der Waals surface area (Å²) in [5, 5.41) is 11.9. The van der Waals surface area contributed by atoms with Gasteiger partial charge in [-0.3, -0.25) is 18.9 Å². The van der Waals surface area contributed by atoms with Crippen molar-refractivity contribution in [2.24, 2.45) is 13.0 Å². The van der Waals surface area contributed by atoms with E-state index < -0.39 is 15.3 Å². The van der Waals surface area contributed by atoms with Gasteiger partial charge in [0.1, 0.15) is 16.3 Å². The Bertz CT molecular complexity index is 860. The van der Waals surface area contributed by atoms with Crippen LogP contribution in [0.1, 0.15) is 71.8 Å². The standard InChI is InChI=1S/C21H37N5O3S/c1-20(2,3)17-12-16(26(6)25-17)18-22-19(24-23-18)21(4,5)30(27,28)13-14-8-10-15(29-7)11-9-14/h12,14-15,27-28H,8-11,13H2,1-7H3,(H,22,23,24). The molecule has 8 nitrogen and oxygen atoms in total. The number of H-pyrrole nitrogens is 1. The van der Waals surface area contributed by atoms with Gasteiger partial charge in [-0.05, 0) is 51.5 Å². The molecule has 1 saturated carbocycles. The van der Waals surface area contributed by atoms with Gasteiger partial charge in [0, 0.05) is 25.3 Å². The van der Waals surface area contributed by atoms with Crippen molar-refractivity contribution in [2.45, 2.75) is 76.6 Å². The fraction of sp³-hybridized carbons (Fsp3) is 0.762. The van der Waals surface area contributed by atoms with Crippen molar-refractivity contribution in [1.29, 1.82) is 0 Å². The normalized spacial score (nSPS) is 21.8. The Balaban J connectivity index is 1.78. The minimum atomic E-state index is -2.93. The van der Waals surface area contributed by atoms with Gasteiger partial charge in [-0.15, -0.1) is 0 Å². The predicted molar refractivity (Wildman–Crippen MR) is 121 cm³/mol. The topological polar surface area (TPSA) is 109 Å². The molecule has 2 aromatic heterocycles. The van der Waals surface area contributed by atoms with E-state index in [1.807, 2.05) is 27.0 Å². The molecule has 1 aliphatic carbocycles. The maximum atomic E-state index is 11.1. The molecule has 0 aromatic carbocycles. The van der Waals surface area contributed by atoms with E-state index in [1.165, 1.54) is 0 Å². The zero-order valence-corrected chi connectivity index (χ0v) is 20.1. The highest BCUT2D eigenvalue weighted by molar-refractivity contribution is 8.25. The molecule has 3 N–H and O–H groups in total. The summed E-state index contributed by atoms with van der Waals surface area (Å²) >= 11 is 0. The van der Waals surface area contributed by atoms with Crippen LogP contribution in [-0.2, 0) is 21.9 Å². The number of methoxy groups -OCH3 is 1. The largest absolute Gasteiger partial charge is 0.381 e. The van der Waals surface area contributed by atoms with E-state index in [0.29, 0.717) is 23.5 Å². The molecule has 170 valence electrons. The zero-order chi connectivity index (χ0) is 22.3. The second-order valence-electron chi connectivity index (χ2n) is 10.0. The summed E-state index contributed by atoms with van der Waals surface area (Å²) in [6.07, 6.45) is 4.15. The first-order valence-electron chi connectivity index (χ1n) is 10.6. The van der Waals surface area contributed by atoms with Crippen LogP contribution in [0.4, 0.5) is 0 Å². The van der Waals surface area contributed by atoms with Crippen LogP contribution in [0.2, 0.25) is 0 Å². The first-order valence-corrected chi connectivity index (χ1v) is 12.3. The lowest BCUT2D eigenvalue weighted by molar-refractivity contribution is 0.0594. The average Bonchev–Trinajstić information content (AvgIpc) is 3.28. The van der Waals surface area contributed by atoms with Crippen molar-refractivity contribution in [3.63, 3.8) is 0 Å². The maximum absolute atomic E-state index is 11.1. The van der Waals surface area contributed by atoms with Crippen LogP contribution < -0.4 is 0 Å². The molecule has 30 heavy (non-hydrogen) atoms. The lowest BCUT2D eigenvalue weighted by Crippen LogP contribution is -2.33. The van der Waals surface area contributed by atoms with E-state index in [-0.39, 0.29) is 11.3 Å². The zero-order valence-electron chi connectivity index (χ0n) is 19.3. The van der Waals surface area contributed by atoms with E-state index in [9.17, 15) is 9.11 Å². The molecule has 0 unspecified atom stereocenters. The monoisotopic (exact) mass is 439 g/mol. The van der Waals surface area contributed by atoms with Crippen LogP contribution in [0.3, 0.4) is 0 Å². The smallest absolute Gasteiger partial charge is 0.199 e. The van der Waals surface area contributed by atoms with Crippen molar-refractivity contribution >= 4 is 10.6 Å². The third-order valence-electron chi connectivity index (χ3n) is 6.35. The summed E-state index contributed by atoms with van der Waals surface area (Å²) in [4.78, 5) is 4.65. The van der Waals surface area contributed by atoms with Gasteiger partial charge in [0.15, 0.2) is 5.82 Å². The number of hydrogen-bond acceptors (Lipinski definition) is 6. The summed E-state index contributed by atoms with van der Waals surface area (Å²) in [7, 11) is 0.686. The Labute approximate surface area is 181 Å². The SMILES string of the molecule is COC1CCC(CS(O)(O)C(C)(C)c2nc(-c3cc(C(C)(C)C)nn3C)n[nH]2)CC1. The van der Waals surface area contributed by atoms with E-state index >= 15 is 0 Å². The van der Waals surface area contributed by atoms with Gasteiger partial charge in [-0.1, -0.05) is 20.8 Å². The molecule has 0 radical (unpaired) electrons. The van der Waals surface area contributed by atoms with Crippen molar-refractivity contribution in [3.05, 3.63) is 17.6 Å². The molecular formula is C21H37N5O3S. The fourth-order valence-electron chi connectivity index (χ4n) is 3.91. The number of aromatic nitrogens is 5. The highest BCUT2D eigenvalue weighted by atomic mass is 32.3. The van der Waals surface area contributed by atoms with E-state index in [2.05, 4.69) is 41.1 Å². The highest BCUT2D eigenvalue weighted by Gasteiger charge is 2.41. The number of hydrogen-bond donors (Lipinski definition) is 3. The van der Waals surface area contributed by atoms with E-state index in [4.69, 9.17) is 4.74 Å². The van der Waals surface area contributed by atoms with Crippen LogP contribution in [0.5, 0.6) is 0 Å². The van der Waals surface area contributed by atoms with Crippen molar-refractivity contribution in [3.8, 4) is 11.5 Å². The molecule has 0 amide bonds. The summed E-state index contributed by atoms with van der Waals surface area (Å²) in [6.45, 7) is 10.00. The fourth-order valence-corrected chi connectivity index (χ4v) is 5.72. The van der Waals surface area contributed by atoms with Gasteiger partial charge in [0.05, 0.1) is 11.8 Å². The van der Waals surface area contributed by atoms with Crippen LogP contribution in [-0.4, -0.2) is 53.0 Å². The molecule has 0 bridgehead atoms.